The summed E-state index contributed by atoms with van der Waals surface area (Å²) < 4.78 is 11.3. The number of amides is 2. The number of anilines is 2. The number of hydrogen-bond acceptors (Lipinski definition) is 5. The van der Waals surface area contributed by atoms with E-state index in [4.69, 9.17) is 44.3 Å². The van der Waals surface area contributed by atoms with Gasteiger partial charge in [0.15, 0.2) is 11.5 Å². The van der Waals surface area contributed by atoms with Crippen LogP contribution in [0.2, 0.25) is 15.1 Å². The van der Waals surface area contributed by atoms with Crippen LogP contribution in [0.15, 0.2) is 60.7 Å². The van der Waals surface area contributed by atoms with Crippen LogP contribution in [-0.4, -0.2) is 25.5 Å². The van der Waals surface area contributed by atoms with Gasteiger partial charge in [0.2, 0.25) is 11.8 Å². The van der Waals surface area contributed by atoms with Crippen molar-refractivity contribution in [3.63, 3.8) is 0 Å². The lowest BCUT2D eigenvalue weighted by molar-refractivity contribution is -0.125. The van der Waals surface area contributed by atoms with Crippen molar-refractivity contribution in [2.45, 2.75) is 13.0 Å². The minimum Gasteiger partial charge on any atom is -0.493 e. The summed E-state index contributed by atoms with van der Waals surface area (Å²) in [6, 6.07) is 17.5. The molecular formula is C25H22Cl3N3O4. The van der Waals surface area contributed by atoms with Crippen LogP contribution in [-0.2, 0) is 16.2 Å². The Balaban J connectivity index is 1.38. The largest absolute Gasteiger partial charge is 0.493 e. The molecule has 3 aromatic rings. The number of halogens is 3. The van der Waals surface area contributed by atoms with Crippen molar-refractivity contribution in [1.82, 2.24) is 5.43 Å². The zero-order valence-electron chi connectivity index (χ0n) is 18.7. The molecule has 2 N–H and O–H groups in total. The van der Waals surface area contributed by atoms with Crippen LogP contribution in [0, 0.1) is 5.92 Å². The second-order valence-electron chi connectivity index (χ2n) is 7.87. The first-order valence-corrected chi connectivity index (χ1v) is 11.8. The van der Waals surface area contributed by atoms with Crippen LogP contribution >= 0.6 is 34.8 Å². The highest BCUT2D eigenvalue weighted by atomic mass is 35.5. The number of rotatable bonds is 8. The molecule has 0 unspecified atom stereocenters. The molecule has 2 amide bonds. The maximum absolute atomic E-state index is 12.7. The molecule has 4 rings (SSSR count). The fraction of sp³-hybridized carbons (Fsp3) is 0.200. The quantitative estimate of drug-likeness (QED) is 0.361. The molecule has 1 aliphatic heterocycles. The van der Waals surface area contributed by atoms with Crippen LogP contribution in [0.5, 0.6) is 11.5 Å². The second kappa shape index (κ2) is 11.1. The van der Waals surface area contributed by atoms with Crippen molar-refractivity contribution in [2.75, 3.05) is 24.0 Å². The highest BCUT2D eigenvalue weighted by molar-refractivity contribution is 6.32. The van der Waals surface area contributed by atoms with Gasteiger partial charge in [-0.1, -0.05) is 53.0 Å². The molecule has 35 heavy (non-hydrogen) atoms. The van der Waals surface area contributed by atoms with Gasteiger partial charge in [0.1, 0.15) is 6.61 Å². The van der Waals surface area contributed by atoms with Gasteiger partial charge >= 0.3 is 0 Å². The Morgan fingerprint density at radius 2 is 1.80 bits per heavy atom. The van der Waals surface area contributed by atoms with Crippen molar-refractivity contribution < 1.29 is 19.1 Å². The lowest BCUT2D eigenvalue weighted by Crippen LogP contribution is -2.36. The van der Waals surface area contributed by atoms with Crippen molar-refractivity contribution in [1.29, 1.82) is 0 Å². The Kier molecular flexibility index (Phi) is 7.90. The number of nitrogens with zero attached hydrogens (tertiary/aromatic N) is 1. The van der Waals surface area contributed by atoms with Crippen LogP contribution in [0.3, 0.4) is 0 Å². The van der Waals surface area contributed by atoms with E-state index >= 15 is 0 Å². The highest BCUT2D eigenvalue weighted by Crippen LogP contribution is 2.39. The Bertz CT molecular complexity index is 1240. The van der Waals surface area contributed by atoms with Crippen molar-refractivity contribution in [3.05, 3.63) is 81.3 Å². The van der Waals surface area contributed by atoms with E-state index in [2.05, 4.69) is 10.9 Å². The number of methoxy groups -OCH3 is 1. The average Bonchev–Trinajstić information content (AvgIpc) is 3.24. The van der Waals surface area contributed by atoms with Crippen LogP contribution in [0.1, 0.15) is 12.0 Å². The number of carbonyl (C=O) groups is 2. The Morgan fingerprint density at radius 3 is 2.51 bits per heavy atom. The Labute approximate surface area is 217 Å². The number of nitrogens with one attached hydrogen (secondary N) is 2. The predicted octanol–water partition coefficient (Wildman–Crippen LogP) is 5.73. The summed E-state index contributed by atoms with van der Waals surface area (Å²) in [5.74, 6) is -0.223. The van der Waals surface area contributed by atoms with Gasteiger partial charge in [0.25, 0.3) is 0 Å². The first-order valence-electron chi connectivity index (χ1n) is 10.7. The first-order chi connectivity index (χ1) is 16.9. The molecule has 1 aliphatic rings. The molecule has 1 atom stereocenters. The minimum atomic E-state index is -0.513. The third-order valence-electron chi connectivity index (χ3n) is 5.52. The molecule has 0 saturated carbocycles. The predicted molar refractivity (Wildman–Crippen MR) is 137 cm³/mol. The van der Waals surface area contributed by atoms with Crippen molar-refractivity contribution in [3.8, 4) is 11.5 Å². The smallest absolute Gasteiger partial charge is 0.243 e. The lowest BCUT2D eigenvalue weighted by atomic mass is 10.1. The number of hydrogen-bond donors (Lipinski definition) is 2. The van der Waals surface area contributed by atoms with E-state index in [0.717, 1.165) is 5.56 Å². The SMILES string of the molecule is COc1cc(NNC(=O)[C@@H]2CC(=O)N(c3ccc(Cl)cc3)C2)cc(Cl)c1OCc1ccccc1Cl. The fourth-order valence-electron chi connectivity index (χ4n) is 3.69. The molecule has 7 nitrogen and oxygen atoms in total. The summed E-state index contributed by atoms with van der Waals surface area (Å²) in [4.78, 5) is 26.7. The topological polar surface area (TPSA) is 79.9 Å². The van der Waals surface area contributed by atoms with Crippen LogP contribution in [0.4, 0.5) is 11.4 Å². The highest BCUT2D eigenvalue weighted by Gasteiger charge is 2.35. The monoisotopic (exact) mass is 533 g/mol. The van der Waals surface area contributed by atoms with Gasteiger partial charge in [-0.25, -0.2) is 0 Å². The summed E-state index contributed by atoms with van der Waals surface area (Å²) in [7, 11) is 1.49. The molecule has 1 heterocycles. The number of hydrazine groups is 1. The molecule has 10 heteroatoms. The summed E-state index contributed by atoms with van der Waals surface area (Å²) in [5.41, 5.74) is 7.48. The van der Waals surface area contributed by atoms with Gasteiger partial charge in [-0.05, 0) is 36.4 Å². The number of ether oxygens (including phenoxy) is 2. The zero-order chi connectivity index (χ0) is 24.9. The molecule has 0 aromatic heterocycles. The van der Waals surface area contributed by atoms with E-state index < -0.39 is 5.92 Å². The summed E-state index contributed by atoms with van der Waals surface area (Å²) in [6.07, 6.45) is 0.106. The van der Waals surface area contributed by atoms with E-state index in [1.807, 2.05) is 18.2 Å². The number of benzene rings is 3. The van der Waals surface area contributed by atoms with Gasteiger partial charge in [0.05, 0.1) is 23.7 Å². The fourth-order valence-corrected chi connectivity index (χ4v) is 4.27. The van der Waals surface area contributed by atoms with Crippen molar-refractivity contribution >= 4 is 58.0 Å². The standard InChI is InChI=1S/C25H22Cl3N3O4/c1-34-22-12-18(11-21(28)24(22)35-14-15-4-2-3-5-20(15)27)29-30-25(33)16-10-23(32)31(13-16)19-8-6-17(26)7-9-19/h2-9,11-12,16,29H,10,13-14H2,1H3,(H,30,33)/t16-/m1/s1. The molecule has 0 spiro atoms. The summed E-state index contributed by atoms with van der Waals surface area (Å²) in [6.45, 7) is 0.478. The third-order valence-corrected chi connectivity index (χ3v) is 6.42. The minimum absolute atomic E-state index is 0.106. The van der Waals surface area contributed by atoms with E-state index in [-0.39, 0.29) is 36.4 Å². The van der Waals surface area contributed by atoms with E-state index in [1.165, 1.54) is 7.11 Å². The van der Waals surface area contributed by atoms with Gasteiger partial charge in [-0.15, -0.1) is 0 Å². The normalized spacial score (nSPS) is 15.1. The molecule has 1 saturated heterocycles. The maximum atomic E-state index is 12.7. The van der Waals surface area contributed by atoms with Crippen LogP contribution in [0.25, 0.3) is 0 Å². The van der Waals surface area contributed by atoms with E-state index in [1.54, 1.807) is 47.4 Å². The first kappa shape index (κ1) is 25.0. The van der Waals surface area contributed by atoms with Crippen molar-refractivity contribution in [2.24, 2.45) is 5.92 Å². The molecule has 1 fully saturated rings. The summed E-state index contributed by atoms with van der Waals surface area (Å²) in [5, 5.41) is 1.45. The average molecular weight is 535 g/mol. The van der Waals surface area contributed by atoms with E-state index in [0.29, 0.717) is 32.9 Å². The van der Waals surface area contributed by atoms with E-state index in [9.17, 15) is 9.59 Å². The Hall–Kier alpha value is -3.13. The zero-order valence-corrected chi connectivity index (χ0v) is 21.0. The molecule has 0 aliphatic carbocycles. The van der Waals surface area contributed by atoms with Gasteiger partial charge in [0, 0.05) is 40.3 Å². The van der Waals surface area contributed by atoms with Gasteiger partial charge < -0.3 is 14.4 Å². The third kappa shape index (κ3) is 5.93. The molecule has 3 aromatic carbocycles. The molecule has 182 valence electrons. The maximum Gasteiger partial charge on any atom is 0.243 e. The lowest BCUT2D eigenvalue weighted by Gasteiger charge is -2.18. The second-order valence-corrected chi connectivity index (χ2v) is 9.12. The van der Waals surface area contributed by atoms with Gasteiger partial charge in [-0.3, -0.25) is 20.4 Å². The number of carbonyl (C=O) groups excluding carboxylic acids is 2. The van der Waals surface area contributed by atoms with Crippen LogP contribution < -0.4 is 25.2 Å². The molecular weight excluding hydrogens is 513 g/mol. The Morgan fingerprint density at radius 1 is 1.06 bits per heavy atom. The van der Waals surface area contributed by atoms with Gasteiger partial charge in [-0.2, -0.15) is 0 Å². The molecule has 0 radical (unpaired) electrons. The summed E-state index contributed by atoms with van der Waals surface area (Å²) >= 11 is 18.5. The molecule has 0 bridgehead atoms.